The molecule has 0 aliphatic carbocycles. The van der Waals surface area contributed by atoms with E-state index in [2.05, 4.69) is 0 Å². The molecule has 0 unspecified atom stereocenters. The molecule has 14 heavy (non-hydrogen) atoms. The summed E-state index contributed by atoms with van der Waals surface area (Å²) in [7, 11) is 2.81. The molecule has 0 aromatic heterocycles. The minimum Gasteiger partial charge on any atom is -0.394 e. The van der Waals surface area contributed by atoms with E-state index in [-0.39, 0.29) is 6.61 Å². The van der Waals surface area contributed by atoms with Gasteiger partial charge in [0.05, 0.1) is 6.61 Å². The predicted octanol–water partition coefficient (Wildman–Crippen LogP) is -1.91. The van der Waals surface area contributed by atoms with Gasteiger partial charge in [-0.25, -0.2) is 0 Å². The van der Waals surface area contributed by atoms with E-state index in [9.17, 15) is 10.2 Å². The van der Waals surface area contributed by atoms with Crippen LogP contribution >= 0.6 is 0 Å². The Bertz CT molecular complexity index is 171. The largest absolute Gasteiger partial charge is 0.394 e. The van der Waals surface area contributed by atoms with Crippen molar-refractivity contribution in [3.05, 3.63) is 0 Å². The summed E-state index contributed by atoms with van der Waals surface area (Å²) in [5, 5.41) is 27.8. The van der Waals surface area contributed by atoms with Crippen LogP contribution in [-0.4, -0.2) is 66.9 Å². The predicted molar refractivity (Wildman–Crippen MR) is 45.6 cm³/mol. The normalized spacial score (nSPS) is 38.1. The third kappa shape index (κ3) is 2.05. The maximum absolute atomic E-state index is 9.55. The number of aliphatic hydroxyl groups excluding tert-OH is 3. The molecule has 0 bridgehead atoms. The highest BCUT2D eigenvalue weighted by Gasteiger charge is 2.46. The number of hydrogen-bond donors (Lipinski definition) is 3. The molecule has 1 aliphatic heterocycles. The number of rotatable bonds is 4. The van der Waals surface area contributed by atoms with Gasteiger partial charge in [0, 0.05) is 14.2 Å². The fourth-order valence-corrected chi connectivity index (χ4v) is 1.52. The smallest absolute Gasteiger partial charge is 0.185 e. The molecule has 6 nitrogen and oxygen atoms in total. The highest BCUT2D eigenvalue weighted by atomic mass is 16.7. The molecule has 4 atom stereocenters. The molecule has 1 saturated heterocycles. The SMILES string of the molecule is COC(OC)[C@@H]1O[C@@H](CO)[C@H](O)[C@H]1O. The molecule has 0 aromatic carbocycles. The van der Waals surface area contributed by atoms with Crippen molar-refractivity contribution in [1.29, 1.82) is 0 Å². The fraction of sp³-hybridized carbons (Fsp3) is 1.00. The molecule has 0 saturated carbocycles. The van der Waals surface area contributed by atoms with Crippen LogP contribution in [0.5, 0.6) is 0 Å². The van der Waals surface area contributed by atoms with Gasteiger partial charge in [0.1, 0.15) is 24.4 Å². The Balaban J connectivity index is 2.63. The summed E-state index contributed by atoms with van der Waals surface area (Å²) in [5.41, 5.74) is 0. The van der Waals surface area contributed by atoms with Crippen molar-refractivity contribution in [3.63, 3.8) is 0 Å². The van der Waals surface area contributed by atoms with Crippen molar-refractivity contribution in [1.82, 2.24) is 0 Å². The average molecular weight is 208 g/mol. The summed E-state index contributed by atoms with van der Waals surface area (Å²) in [5.74, 6) is 0. The van der Waals surface area contributed by atoms with Gasteiger partial charge in [0.15, 0.2) is 6.29 Å². The van der Waals surface area contributed by atoms with Gasteiger partial charge in [-0.15, -0.1) is 0 Å². The molecule has 1 heterocycles. The van der Waals surface area contributed by atoms with Crippen molar-refractivity contribution in [2.24, 2.45) is 0 Å². The Kier molecular flexibility index (Phi) is 4.24. The molecule has 0 aromatic rings. The first-order valence-corrected chi connectivity index (χ1v) is 4.33. The third-order valence-corrected chi connectivity index (χ3v) is 2.31. The molecule has 0 spiro atoms. The Morgan fingerprint density at radius 2 is 1.79 bits per heavy atom. The first kappa shape index (κ1) is 11.8. The first-order valence-electron chi connectivity index (χ1n) is 4.33. The molecule has 84 valence electrons. The van der Waals surface area contributed by atoms with Gasteiger partial charge >= 0.3 is 0 Å². The van der Waals surface area contributed by atoms with Crippen molar-refractivity contribution in [3.8, 4) is 0 Å². The molecule has 0 radical (unpaired) electrons. The standard InChI is InChI=1S/C8H16O6/c1-12-8(13-2)7-6(11)5(10)4(3-9)14-7/h4-11H,3H2,1-2H3/t4-,5-,6+,7+/m0/s1. The Morgan fingerprint density at radius 3 is 2.14 bits per heavy atom. The Hall–Kier alpha value is -0.240. The van der Waals surface area contributed by atoms with Gasteiger partial charge in [0.25, 0.3) is 0 Å². The topological polar surface area (TPSA) is 88.4 Å². The Morgan fingerprint density at radius 1 is 1.21 bits per heavy atom. The van der Waals surface area contributed by atoms with E-state index in [0.29, 0.717) is 0 Å². The van der Waals surface area contributed by atoms with Crippen LogP contribution in [0.15, 0.2) is 0 Å². The van der Waals surface area contributed by atoms with Crippen LogP contribution in [0.1, 0.15) is 0 Å². The van der Waals surface area contributed by atoms with E-state index in [1.54, 1.807) is 0 Å². The second-order valence-electron chi connectivity index (χ2n) is 3.14. The molecular formula is C8H16O6. The van der Waals surface area contributed by atoms with Gasteiger partial charge in [0.2, 0.25) is 0 Å². The van der Waals surface area contributed by atoms with Crippen LogP contribution in [0.25, 0.3) is 0 Å². The quantitative estimate of drug-likeness (QED) is 0.467. The van der Waals surface area contributed by atoms with Crippen LogP contribution < -0.4 is 0 Å². The zero-order valence-electron chi connectivity index (χ0n) is 8.16. The third-order valence-electron chi connectivity index (χ3n) is 2.31. The van der Waals surface area contributed by atoms with Gasteiger partial charge in [-0.1, -0.05) is 0 Å². The lowest BCUT2D eigenvalue weighted by Gasteiger charge is -2.22. The average Bonchev–Trinajstić information content (AvgIpc) is 2.48. The van der Waals surface area contributed by atoms with Gasteiger partial charge < -0.3 is 29.5 Å². The maximum atomic E-state index is 9.55. The number of aliphatic hydroxyl groups is 3. The second kappa shape index (κ2) is 5.01. The molecule has 1 aliphatic rings. The maximum Gasteiger partial charge on any atom is 0.185 e. The van der Waals surface area contributed by atoms with E-state index >= 15 is 0 Å². The minimum atomic E-state index is -1.11. The van der Waals surface area contributed by atoms with Crippen LogP contribution in [-0.2, 0) is 14.2 Å². The highest BCUT2D eigenvalue weighted by Crippen LogP contribution is 2.24. The summed E-state index contributed by atoms with van der Waals surface area (Å²) >= 11 is 0. The van der Waals surface area contributed by atoms with Crippen LogP contribution in [0, 0.1) is 0 Å². The number of ether oxygens (including phenoxy) is 3. The summed E-state index contributed by atoms with van der Waals surface area (Å²) in [4.78, 5) is 0. The molecule has 1 rings (SSSR count). The summed E-state index contributed by atoms with van der Waals surface area (Å²) < 4.78 is 15.0. The molecule has 6 heteroatoms. The lowest BCUT2D eigenvalue weighted by molar-refractivity contribution is -0.193. The van der Waals surface area contributed by atoms with Crippen molar-refractivity contribution < 1.29 is 29.5 Å². The molecule has 0 amide bonds. The van der Waals surface area contributed by atoms with E-state index in [1.807, 2.05) is 0 Å². The zero-order valence-corrected chi connectivity index (χ0v) is 8.16. The highest BCUT2D eigenvalue weighted by molar-refractivity contribution is 4.91. The van der Waals surface area contributed by atoms with E-state index < -0.39 is 30.7 Å². The number of methoxy groups -OCH3 is 2. The van der Waals surface area contributed by atoms with Crippen molar-refractivity contribution in [2.45, 2.75) is 30.7 Å². The molecule has 1 fully saturated rings. The fourth-order valence-electron chi connectivity index (χ4n) is 1.52. The lowest BCUT2D eigenvalue weighted by atomic mass is 10.1. The zero-order chi connectivity index (χ0) is 10.7. The lowest BCUT2D eigenvalue weighted by Crippen LogP contribution is -2.40. The summed E-state index contributed by atoms with van der Waals surface area (Å²) in [6, 6.07) is 0. The minimum absolute atomic E-state index is 0.352. The summed E-state index contributed by atoms with van der Waals surface area (Å²) in [6.07, 6.45) is -4.55. The molecular weight excluding hydrogens is 192 g/mol. The van der Waals surface area contributed by atoms with Crippen LogP contribution in [0.2, 0.25) is 0 Å². The van der Waals surface area contributed by atoms with E-state index in [1.165, 1.54) is 14.2 Å². The Labute approximate surface area is 82.0 Å². The van der Waals surface area contributed by atoms with Crippen molar-refractivity contribution >= 4 is 0 Å². The van der Waals surface area contributed by atoms with Gasteiger partial charge in [-0.05, 0) is 0 Å². The van der Waals surface area contributed by atoms with E-state index in [0.717, 1.165) is 0 Å². The van der Waals surface area contributed by atoms with Crippen LogP contribution in [0.4, 0.5) is 0 Å². The van der Waals surface area contributed by atoms with Crippen molar-refractivity contribution in [2.75, 3.05) is 20.8 Å². The van der Waals surface area contributed by atoms with Crippen LogP contribution in [0.3, 0.4) is 0 Å². The van der Waals surface area contributed by atoms with Gasteiger partial charge in [-0.3, -0.25) is 0 Å². The van der Waals surface area contributed by atoms with E-state index in [4.69, 9.17) is 19.3 Å². The second-order valence-corrected chi connectivity index (χ2v) is 3.14. The summed E-state index contributed by atoms with van der Waals surface area (Å²) in [6.45, 7) is -0.352. The van der Waals surface area contributed by atoms with Gasteiger partial charge in [-0.2, -0.15) is 0 Å². The molecule has 3 N–H and O–H groups in total. The number of hydrogen-bond acceptors (Lipinski definition) is 6. The first-order chi connectivity index (χ1) is 6.65. The monoisotopic (exact) mass is 208 g/mol.